The first kappa shape index (κ1) is 19.4. The number of carbonyl (C=O) groups excluding carboxylic acids is 1. The zero-order valence-electron chi connectivity index (χ0n) is 16.1. The Morgan fingerprint density at radius 1 is 1.10 bits per heavy atom. The van der Waals surface area contributed by atoms with Gasteiger partial charge in [0.15, 0.2) is 0 Å². The highest BCUT2D eigenvalue weighted by Gasteiger charge is 2.26. The molecule has 1 aliphatic rings. The maximum absolute atomic E-state index is 13.1. The van der Waals surface area contributed by atoms with Crippen LogP contribution in [0.2, 0.25) is 0 Å². The van der Waals surface area contributed by atoms with E-state index in [1.807, 2.05) is 24.0 Å². The van der Waals surface area contributed by atoms with Crippen molar-refractivity contribution in [2.24, 2.45) is 0 Å². The number of amides is 1. The van der Waals surface area contributed by atoms with Crippen LogP contribution in [0.4, 0.5) is 10.1 Å². The first-order valence-electron chi connectivity index (χ1n) is 9.54. The molecule has 5 nitrogen and oxygen atoms in total. The Bertz CT molecular complexity index is 1010. The van der Waals surface area contributed by atoms with Crippen LogP contribution in [0.25, 0.3) is 0 Å². The third kappa shape index (κ3) is 4.24. The second-order valence-corrected chi connectivity index (χ2v) is 8.18. The van der Waals surface area contributed by atoms with Crippen molar-refractivity contribution < 1.29 is 14.3 Å². The van der Waals surface area contributed by atoms with E-state index in [0.29, 0.717) is 37.5 Å². The Morgan fingerprint density at radius 3 is 2.48 bits per heavy atom. The van der Waals surface area contributed by atoms with Gasteiger partial charge in [0.2, 0.25) is 0 Å². The lowest BCUT2D eigenvalue weighted by Crippen LogP contribution is -2.48. The number of hydrogen-bond acceptors (Lipinski definition) is 5. The van der Waals surface area contributed by atoms with Gasteiger partial charge < -0.3 is 14.9 Å². The summed E-state index contributed by atoms with van der Waals surface area (Å²) >= 11 is 1.41. The number of rotatable bonds is 4. The molecule has 1 aromatic heterocycles. The minimum atomic E-state index is -0.261. The molecule has 0 unspecified atom stereocenters. The van der Waals surface area contributed by atoms with Gasteiger partial charge in [-0.2, -0.15) is 0 Å². The fraction of sp³-hybridized carbons (Fsp3) is 0.273. The Balaban J connectivity index is 1.42. The van der Waals surface area contributed by atoms with E-state index in [4.69, 9.17) is 0 Å². The molecule has 0 atom stereocenters. The van der Waals surface area contributed by atoms with Crippen LogP contribution >= 0.6 is 11.3 Å². The van der Waals surface area contributed by atoms with E-state index < -0.39 is 0 Å². The highest BCUT2D eigenvalue weighted by atomic mass is 32.1. The molecule has 150 valence electrons. The molecular formula is C22H22FN3O2S. The van der Waals surface area contributed by atoms with Crippen molar-refractivity contribution >= 4 is 22.9 Å². The molecule has 7 heteroatoms. The van der Waals surface area contributed by atoms with E-state index >= 15 is 0 Å². The fourth-order valence-electron chi connectivity index (χ4n) is 3.53. The SMILES string of the molecule is Cc1nc(Cc2ccc(F)cc2)sc1C(=O)N1CCN(c2ccccc2O)CC1. The summed E-state index contributed by atoms with van der Waals surface area (Å²) in [6, 6.07) is 13.6. The van der Waals surface area contributed by atoms with Crippen molar-refractivity contribution in [3.8, 4) is 5.75 Å². The van der Waals surface area contributed by atoms with Crippen molar-refractivity contribution in [3.05, 3.63) is 75.5 Å². The molecule has 1 fully saturated rings. The first-order chi connectivity index (χ1) is 14.0. The number of carbonyl (C=O) groups is 1. The lowest BCUT2D eigenvalue weighted by Gasteiger charge is -2.36. The van der Waals surface area contributed by atoms with Crippen LogP contribution in [0, 0.1) is 12.7 Å². The van der Waals surface area contributed by atoms with Gasteiger partial charge in [-0.25, -0.2) is 9.37 Å². The van der Waals surface area contributed by atoms with Gasteiger partial charge in [-0.3, -0.25) is 4.79 Å². The third-order valence-electron chi connectivity index (χ3n) is 5.09. The molecule has 1 N–H and O–H groups in total. The first-order valence-corrected chi connectivity index (χ1v) is 10.4. The van der Waals surface area contributed by atoms with E-state index in [-0.39, 0.29) is 17.5 Å². The van der Waals surface area contributed by atoms with Crippen LogP contribution in [0.1, 0.15) is 25.9 Å². The monoisotopic (exact) mass is 411 g/mol. The summed E-state index contributed by atoms with van der Waals surface area (Å²) in [4.78, 5) is 22.2. The minimum absolute atomic E-state index is 0.00212. The van der Waals surface area contributed by atoms with Crippen molar-refractivity contribution in [3.63, 3.8) is 0 Å². The van der Waals surface area contributed by atoms with Crippen molar-refractivity contribution in [2.45, 2.75) is 13.3 Å². The molecule has 29 heavy (non-hydrogen) atoms. The number of aromatic nitrogens is 1. The molecule has 1 aliphatic heterocycles. The van der Waals surface area contributed by atoms with Crippen molar-refractivity contribution in [1.82, 2.24) is 9.88 Å². The second-order valence-electron chi connectivity index (χ2n) is 7.09. The van der Waals surface area contributed by atoms with E-state index in [1.54, 1.807) is 24.3 Å². The Morgan fingerprint density at radius 2 is 1.79 bits per heavy atom. The molecular weight excluding hydrogens is 389 g/mol. The van der Waals surface area contributed by atoms with E-state index in [9.17, 15) is 14.3 Å². The predicted octanol–water partition coefficient (Wildman–Crippen LogP) is 3.85. The lowest BCUT2D eigenvalue weighted by atomic mass is 10.1. The van der Waals surface area contributed by atoms with Gasteiger partial charge >= 0.3 is 0 Å². The Kier molecular flexibility index (Phi) is 5.49. The molecule has 0 radical (unpaired) electrons. The average Bonchev–Trinajstić information content (AvgIpc) is 3.10. The number of aryl methyl sites for hydroxylation is 1. The summed E-state index contributed by atoms with van der Waals surface area (Å²) in [5.41, 5.74) is 2.51. The number of aromatic hydroxyl groups is 1. The van der Waals surface area contributed by atoms with E-state index in [1.165, 1.54) is 23.5 Å². The largest absolute Gasteiger partial charge is 0.506 e. The van der Waals surface area contributed by atoms with Crippen molar-refractivity contribution in [1.29, 1.82) is 0 Å². The van der Waals surface area contributed by atoms with Gasteiger partial charge in [-0.15, -0.1) is 11.3 Å². The van der Waals surface area contributed by atoms with Crippen LogP contribution in [0.5, 0.6) is 5.75 Å². The second kappa shape index (κ2) is 8.21. The van der Waals surface area contributed by atoms with Gasteiger partial charge in [-0.05, 0) is 36.8 Å². The number of halogens is 1. The van der Waals surface area contributed by atoms with Gasteiger partial charge in [0, 0.05) is 32.6 Å². The summed E-state index contributed by atoms with van der Waals surface area (Å²) < 4.78 is 13.1. The smallest absolute Gasteiger partial charge is 0.265 e. The maximum Gasteiger partial charge on any atom is 0.265 e. The van der Waals surface area contributed by atoms with E-state index in [0.717, 1.165) is 22.0 Å². The quantitative estimate of drug-likeness (QED) is 0.709. The summed E-state index contributed by atoms with van der Waals surface area (Å²) in [6.07, 6.45) is 0.583. The molecule has 0 saturated carbocycles. The maximum atomic E-state index is 13.1. The molecule has 1 amide bonds. The van der Waals surface area contributed by atoms with Crippen LogP contribution in [0.15, 0.2) is 48.5 Å². The summed E-state index contributed by atoms with van der Waals surface area (Å²) in [7, 11) is 0. The van der Waals surface area contributed by atoms with Gasteiger partial charge in [0.05, 0.1) is 16.4 Å². The zero-order chi connectivity index (χ0) is 20.4. The fourth-order valence-corrected chi connectivity index (χ4v) is 4.60. The number of phenolic OH excluding ortho intramolecular Hbond substituents is 1. The number of hydrogen-bond donors (Lipinski definition) is 1. The molecule has 2 heterocycles. The average molecular weight is 412 g/mol. The number of thiazole rings is 1. The zero-order valence-corrected chi connectivity index (χ0v) is 17.0. The number of piperazine rings is 1. The van der Waals surface area contributed by atoms with Crippen LogP contribution in [0.3, 0.4) is 0 Å². The number of anilines is 1. The number of phenols is 1. The molecule has 0 aliphatic carbocycles. The number of nitrogens with zero attached hydrogens (tertiary/aromatic N) is 3. The summed E-state index contributed by atoms with van der Waals surface area (Å²) in [5.74, 6) is 0.00111. The number of para-hydroxylation sites is 2. The van der Waals surface area contributed by atoms with Crippen molar-refractivity contribution in [2.75, 3.05) is 31.1 Å². The topological polar surface area (TPSA) is 56.7 Å². The molecule has 3 aromatic rings. The lowest BCUT2D eigenvalue weighted by molar-refractivity contribution is 0.0750. The summed E-state index contributed by atoms with van der Waals surface area (Å²) in [6.45, 7) is 4.39. The van der Waals surface area contributed by atoms with Crippen LogP contribution < -0.4 is 4.90 Å². The molecule has 2 aromatic carbocycles. The van der Waals surface area contributed by atoms with Crippen LogP contribution in [-0.2, 0) is 6.42 Å². The third-order valence-corrected chi connectivity index (χ3v) is 6.24. The molecule has 1 saturated heterocycles. The summed E-state index contributed by atoms with van der Waals surface area (Å²) in [5, 5.41) is 10.9. The number of benzene rings is 2. The highest BCUT2D eigenvalue weighted by Crippen LogP contribution is 2.28. The van der Waals surface area contributed by atoms with Gasteiger partial charge in [0.25, 0.3) is 5.91 Å². The Hall–Kier alpha value is -2.93. The minimum Gasteiger partial charge on any atom is -0.506 e. The van der Waals surface area contributed by atoms with E-state index in [2.05, 4.69) is 9.88 Å². The highest BCUT2D eigenvalue weighted by molar-refractivity contribution is 7.13. The molecule has 4 rings (SSSR count). The predicted molar refractivity (Wildman–Crippen MR) is 112 cm³/mol. The molecule has 0 bridgehead atoms. The molecule has 0 spiro atoms. The normalized spacial score (nSPS) is 14.3. The van der Waals surface area contributed by atoms with Gasteiger partial charge in [-0.1, -0.05) is 24.3 Å². The van der Waals surface area contributed by atoms with Gasteiger partial charge in [0.1, 0.15) is 16.4 Å². The Labute approximate surface area is 173 Å². The standard InChI is InChI=1S/C22H22FN3O2S/c1-15-21(29-20(24-15)14-16-6-8-17(23)9-7-16)22(28)26-12-10-25(11-13-26)18-4-2-3-5-19(18)27/h2-9,27H,10-14H2,1H3. The van der Waals surface area contributed by atoms with Crippen LogP contribution in [-0.4, -0.2) is 47.1 Å².